The molecule has 0 aromatic heterocycles. The zero-order valence-corrected chi connectivity index (χ0v) is 11.9. The van der Waals surface area contributed by atoms with Gasteiger partial charge in [-0.2, -0.15) is 13.2 Å². The van der Waals surface area contributed by atoms with Crippen molar-refractivity contribution in [2.45, 2.75) is 31.7 Å². The summed E-state index contributed by atoms with van der Waals surface area (Å²) in [5.74, 6) is -0.440. The number of likely N-dealkylation sites (tertiary alicyclic amines) is 1. The van der Waals surface area contributed by atoms with E-state index in [0.717, 1.165) is 4.90 Å². The normalized spacial score (nSPS) is 22.5. The maximum absolute atomic E-state index is 13.1. The Hall–Kier alpha value is -1.76. The molecule has 1 fully saturated rings. The van der Waals surface area contributed by atoms with Gasteiger partial charge in [-0.05, 0) is 24.3 Å². The average molecular weight is 317 g/mol. The number of carbonyl (C=O) groups excluding carboxylic acids is 1. The number of amides is 1. The number of aliphatic hydroxyl groups excluding tert-OH is 1. The molecule has 1 aromatic rings. The first-order valence-corrected chi connectivity index (χ1v) is 7.06. The van der Waals surface area contributed by atoms with Crippen molar-refractivity contribution in [2.24, 2.45) is 5.92 Å². The molecule has 1 N–H and O–H groups in total. The van der Waals surface area contributed by atoms with Crippen molar-refractivity contribution in [2.75, 3.05) is 13.2 Å². The Kier molecular flexibility index (Phi) is 5.28. The van der Waals surface area contributed by atoms with Crippen LogP contribution in [0.15, 0.2) is 30.3 Å². The molecule has 2 rings (SSSR count). The van der Waals surface area contributed by atoms with Crippen molar-refractivity contribution < 1.29 is 27.8 Å². The fourth-order valence-corrected chi connectivity index (χ4v) is 2.54. The van der Waals surface area contributed by atoms with E-state index in [-0.39, 0.29) is 26.2 Å². The fourth-order valence-electron chi connectivity index (χ4n) is 2.54. The minimum Gasteiger partial charge on any atom is -0.445 e. The molecule has 0 aliphatic carbocycles. The number of aliphatic hydroxyl groups is 1. The van der Waals surface area contributed by atoms with E-state index >= 15 is 0 Å². The highest BCUT2D eigenvalue weighted by Crippen LogP contribution is 2.34. The fraction of sp³-hybridized carbons (Fsp3) is 0.533. The van der Waals surface area contributed by atoms with Crippen LogP contribution >= 0.6 is 0 Å². The summed E-state index contributed by atoms with van der Waals surface area (Å²) in [6, 6.07) is 6.87. The van der Waals surface area contributed by atoms with Crippen molar-refractivity contribution in [1.29, 1.82) is 0 Å². The third kappa shape index (κ3) is 4.13. The van der Waals surface area contributed by atoms with E-state index in [9.17, 15) is 18.0 Å². The Morgan fingerprint density at radius 2 is 2.00 bits per heavy atom. The Morgan fingerprint density at radius 1 is 1.32 bits per heavy atom. The first kappa shape index (κ1) is 16.6. The number of benzene rings is 1. The second-order valence-electron chi connectivity index (χ2n) is 5.36. The molecule has 1 aliphatic rings. The van der Waals surface area contributed by atoms with Gasteiger partial charge in [0.1, 0.15) is 12.6 Å². The average Bonchev–Trinajstić information content (AvgIpc) is 2.52. The zero-order valence-electron chi connectivity index (χ0n) is 11.9. The predicted molar refractivity (Wildman–Crippen MR) is 73.0 cm³/mol. The maximum Gasteiger partial charge on any atom is 0.410 e. The second kappa shape index (κ2) is 7.00. The number of rotatable bonds is 3. The number of ether oxygens (including phenoxy) is 1. The van der Waals surface area contributed by atoms with Crippen molar-refractivity contribution in [3.63, 3.8) is 0 Å². The molecule has 1 saturated heterocycles. The van der Waals surface area contributed by atoms with Gasteiger partial charge in [0.2, 0.25) is 0 Å². The molecule has 0 saturated carbocycles. The van der Waals surface area contributed by atoms with E-state index in [4.69, 9.17) is 9.84 Å². The quantitative estimate of drug-likeness (QED) is 0.932. The summed E-state index contributed by atoms with van der Waals surface area (Å²) < 4.78 is 44.3. The standard InChI is InChI=1S/C15H18F3NO3/c16-15(17,18)13-8-12(9-20)6-7-19(13)14(21)22-10-11-4-2-1-3-5-11/h1-5,12-13,20H,6-10H2/t12-,13+/m1/s1. The van der Waals surface area contributed by atoms with Crippen LogP contribution in [0, 0.1) is 5.92 Å². The highest BCUT2D eigenvalue weighted by molar-refractivity contribution is 5.68. The molecule has 1 aliphatic heterocycles. The van der Waals surface area contributed by atoms with Crippen LogP contribution in [0.4, 0.5) is 18.0 Å². The predicted octanol–water partition coefficient (Wildman–Crippen LogP) is 2.96. The lowest BCUT2D eigenvalue weighted by Crippen LogP contribution is -2.53. The molecule has 0 spiro atoms. The van der Waals surface area contributed by atoms with E-state index in [1.807, 2.05) is 0 Å². The number of hydrogen-bond acceptors (Lipinski definition) is 3. The largest absolute Gasteiger partial charge is 0.445 e. The molecule has 22 heavy (non-hydrogen) atoms. The third-order valence-corrected chi connectivity index (χ3v) is 3.79. The molecule has 0 radical (unpaired) electrons. The van der Waals surface area contributed by atoms with Gasteiger partial charge in [-0.1, -0.05) is 30.3 Å². The second-order valence-corrected chi connectivity index (χ2v) is 5.36. The van der Waals surface area contributed by atoms with E-state index in [1.54, 1.807) is 30.3 Å². The number of hydrogen-bond donors (Lipinski definition) is 1. The van der Waals surface area contributed by atoms with Crippen LogP contribution in [0.3, 0.4) is 0 Å². The number of halogens is 3. The van der Waals surface area contributed by atoms with Crippen LogP contribution in [-0.2, 0) is 11.3 Å². The minimum atomic E-state index is -4.53. The number of carbonyl (C=O) groups is 1. The lowest BCUT2D eigenvalue weighted by Gasteiger charge is -2.38. The minimum absolute atomic E-state index is 0.0653. The Morgan fingerprint density at radius 3 is 2.59 bits per heavy atom. The Balaban J connectivity index is 2.00. The van der Waals surface area contributed by atoms with Crippen LogP contribution in [-0.4, -0.2) is 41.5 Å². The smallest absolute Gasteiger partial charge is 0.410 e. The summed E-state index contributed by atoms with van der Waals surface area (Å²) in [6.45, 7) is -0.438. The van der Waals surface area contributed by atoms with Gasteiger partial charge >= 0.3 is 12.3 Å². The third-order valence-electron chi connectivity index (χ3n) is 3.79. The first-order chi connectivity index (χ1) is 10.4. The molecule has 0 bridgehead atoms. The van der Waals surface area contributed by atoms with Crippen LogP contribution in [0.1, 0.15) is 18.4 Å². The summed E-state index contributed by atoms with van der Waals surface area (Å²) in [5, 5.41) is 9.05. The molecule has 1 amide bonds. The van der Waals surface area contributed by atoms with Crippen molar-refractivity contribution in [1.82, 2.24) is 4.90 Å². The Labute approximate surface area is 126 Å². The molecule has 122 valence electrons. The van der Waals surface area contributed by atoms with Crippen LogP contribution in [0.25, 0.3) is 0 Å². The molecular formula is C15H18F3NO3. The number of alkyl halides is 3. The van der Waals surface area contributed by atoms with Crippen LogP contribution in [0.5, 0.6) is 0 Å². The van der Waals surface area contributed by atoms with E-state index < -0.39 is 24.2 Å². The van der Waals surface area contributed by atoms with Crippen molar-refractivity contribution >= 4 is 6.09 Å². The van der Waals surface area contributed by atoms with Crippen LogP contribution < -0.4 is 0 Å². The molecule has 4 nitrogen and oxygen atoms in total. The van der Waals surface area contributed by atoms with Gasteiger partial charge < -0.3 is 9.84 Å². The lowest BCUT2D eigenvalue weighted by atomic mass is 9.91. The van der Waals surface area contributed by atoms with Gasteiger partial charge in [-0.15, -0.1) is 0 Å². The lowest BCUT2D eigenvalue weighted by molar-refractivity contribution is -0.191. The summed E-state index contributed by atoms with van der Waals surface area (Å²) >= 11 is 0. The van der Waals surface area contributed by atoms with E-state index in [2.05, 4.69) is 0 Å². The summed E-state index contributed by atoms with van der Waals surface area (Å²) in [7, 11) is 0. The molecule has 0 unspecified atom stereocenters. The molecule has 2 atom stereocenters. The first-order valence-electron chi connectivity index (χ1n) is 7.06. The molecule has 7 heteroatoms. The van der Waals surface area contributed by atoms with Gasteiger partial charge in [0.05, 0.1) is 0 Å². The van der Waals surface area contributed by atoms with E-state index in [1.165, 1.54) is 0 Å². The van der Waals surface area contributed by atoms with Gasteiger partial charge in [-0.3, -0.25) is 4.90 Å². The summed E-state index contributed by atoms with van der Waals surface area (Å²) in [5.41, 5.74) is 0.713. The summed E-state index contributed by atoms with van der Waals surface area (Å²) in [4.78, 5) is 12.7. The van der Waals surface area contributed by atoms with Gasteiger partial charge in [0.25, 0.3) is 0 Å². The SMILES string of the molecule is O=C(OCc1ccccc1)N1CC[C@@H](CO)C[C@H]1C(F)(F)F. The highest BCUT2D eigenvalue weighted by Gasteiger charge is 2.48. The topological polar surface area (TPSA) is 49.8 Å². The molecule has 1 heterocycles. The highest BCUT2D eigenvalue weighted by atomic mass is 19.4. The molecular weight excluding hydrogens is 299 g/mol. The van der Waals surface area contributed by atoms with Crippen molar-refractivity contribution in [3.05, 3.63) is 35.9 Å². The van der Waals surface area contributed by atoms with Gasteiger partial charge in [-0.25, -0.2) is 4.79 Å². The van der Waals surface area contributed by atoms with E-state index in [0.29, 0.717) is 12.0 Å². The molecule has 1 aromatic carbocycles. The van der Waals surface area contributed by atoms with Crippen LogP contribution in [0.2, 0.25) is 0 Å². The van der Waals surface area contributed by atoms with Gasteiger partial charge in [0.15, 0.2) is 0 Å². The van der Waals surface area contributed by atoms with Gasteiger partial charge in [0, 0.05) is 13.2 Å². The van der Waals surface area contributed by atoms with Crippen molar-refractivity contribution in [3.8, 4) is 0 Å². The number of nitrogens with zero attached hydrogens (tertiary/aromatic N) is 1. The Bertz CT molecular complexity index is 493. The number of piperidine rings is 1. The monoisotopic (exact) mass is 317 g/mol. The maximum atomic E-state index is 13.1. The zero-order chi connectivity index (χ0) is 16.2. The summed E-state index contributed by atoms with van der Waals surface area (Å²) in [6.07, 6.45) is -5.45.